The maximum absolute atomic E-state index is 7.21. The highest BCUT2D eigenvalue weighted by molar-refractivity contribution is 7.20. The Kier molecular flexibility index (Phi) is 8.03. The molecule has 0 spiro atoms. The third-order valence-electron chi connectivity index (χ3n) is 14.4. The largest absolute Gasteiger partial charge is 0.458 e. The lowest BCUT2D eigenvalue weighted by molar-refractivity contribution is 0.490. The van der Waals surface area contributed by atoms with E-state index in [1.54, 1.807) is 0 Å². The maximum Gasteiger partial charge on any atom is 0.220 e. The summed E-state index contributed by atoms with van der Waals surface area (Å²) in [5, 5.41) is 7.79. The zero-order valence-corrected chi connectivity index (χ0v) is 38.9. The first-order chi connectivity index (χ1) is 33.0. The van der Waals surface area contributed by atoms with E-state index in [9.17, 15) is 0 Å². The average molecular weight is 895 g/mol. The molecule has 9 aromatic carbocycles. The molecule has 5 heterocycles. The fourth-order valence-corrected chi connectivity index (χ4v) is 19.2. The molecule has 0 atom stereocenters. The van der Waals surface area contributed by atoms with Gasteiger partial charge in [-0.05, 0) is 104 Å². The lowest BCUT2D eigenvalue weighted by Crippen LogP contribution is -2.75. The molecule has 1 aliphatic heterocycles. The smallest absolute Gasteiger partial charge is 0.220 e. The third kappa shape index (κ3) is 5.26. The van der Waals surface area contributed by atoms with Crippen LogP contribution in [-0.2, 0) is 0 Å². The molecular weight excluding hydrogens is 853 g/mol. The van der Waals surface area contributed by atoms with E-state index in [4.69, 9.17) is 14.7 Å². The van der Waals surface area contributed by atoms with Crippen molar-refractivity contribution < 1.29 is 4.74 Å². The number of nitrogens with zero attached hydrogens (tertiary/aromatic N) is 6. The van der Waals surface area contributed by atoms with Gasteiger partial charge in [0.15, 0.2) is 8.07 Å². The van der Waals surface area contributed by atoms with Gasteiger partial charge in [-0.15, -0.1) is 0 Å². The van der Waals surface area contributed by atoms with E-state index in [-0.39, 0.29) is 0 Å². The van der Waals surface area contributed by atoms with Gasteiger partial charge in [0.2, 0.25) is 11.6 Å². The Bertz CT molecular complexity index is 4090. The van der Waals surface area contributed by atoms with Crippen molar-refractivity contribution in [3.8, 4) is 22.9 Å². The molecule has 0 aliphatic carbocycles. The zero-order valence-electron chi connectivity index (χ0n) is 36.9. The molecule has 0 bridgehead atoms. The number of ether oxygens (including phenoxy) is 1. The Hall–Kier alpha value is -8.25. The van der Waals surface area contributed by atoms with Crippen LogP contribution in [0.4, 0.5) is 0 Å². The summed E-state index contributed by atoms with van der Waals surface area (Å²) in [7, 11) is -5.28. The fourth-order valence-electron chi connectivity index (χ4n) is 11.4. The van der Waals surface area contributed by atoms with Gasteiger partial charge in [0.05, 0.1) is 49.8 Å². The maximum atomic E-state index is 7.21. The standard InChI is InChI=1S/C58H42N6OSi2/c1-66(2)53-32-16-15-31-52(53)65-56-54(66)33-18-34-55(56)67(41-20-5-3-6-21-41,42-22-7-4-8-23-42)43-24-17-19-39(37-43)61-48-28-12-14-30-50(48)64-51-38-40(35-36-45(51)60-58(61)64)62-47-27-11-13-29-49(47)63-46-26-10-9-25-44(46)59-57(62)63/h3-38H,1-2H3. The number of hydrogen-bond donors (Lipinski definition) is 0. The topological polar surface area (TPSA) is 53.7 Å². The van der Waals surface area contributed by atoms with Crippen molar-refractivity contribution in [1.29, 1.82) is 0 Å². The normalized spacial score (nSPS) is 13.5. The van der Waals surface area contributed by atoms with Gasteiger partial charge < -0.3 is 4.74 Å². The second kappa shape index (κ2) is 14.1. The van der Waals surface area contributed by atoms with E-state index < -0.39 is 16.1 Å². The first kappa shape index (κ1) is 38.1. The summed E-state index contributed by atoms with van der Waals surface area (Å²) < 4.78 is 16.4. The molecule has 0 saturated heterocycles. The molecule has 14 rings (SSSR count). The second-order valence-electron chi connectivity index (χ2n) is 18.2. The van der Waals surface area contributed by atoms with Crippen LogP contribution < -0.4 is 35.9 Å². The van der Waals surface area contributed by atoms with Crippen LogP contribution in [-0.4, -0.2) is 44.1 Å². The second-order valence-corrected chi connectivity index (χ2v) is 26.3. The van der Waals surface area contributed by atoms with E-state index >= 15 is 0 Å². The number of rotatable bonds is 6. The van der Waals surface area contributed by atoms with Gasteiger partial charge in [0.25, 0.3) is 0 Å². The van der Waals surface area contributed by atoms with Gasteiger partial charge in [0.1, 0.15) is 19.6 Å². The Balaban J connectivity index is 1.02. The van der Waals surface area contributed by atoms with Gasteiger partial charge in [-0.2, -0.15) is 0 Å². The third-order valence-corrected chi connectivity index (χ3v) is 22.6. The number of benzene rings is 9. The van der Waals surface area contributed by atoms with E-state index in [0.29, 0.717) is 0 Å². The molecule has 67 heavy (non-hydrogen) atoms. The Morgan fingerprint density at radius 1 is 0.403 bits per heavy atom. The van der Waals surface area contributed by atoms with Gasteiger partial charge in [-0.3, -0.25) is 17.9 Å². The Morgan fingerprint density at radius 3 is 1.60 bits per heavy atom. The highest BCUT2D eigenvalue weighted by Gasteiger charge is 2.47. The predicted molar refractivity (Wildman–Crippen MR) is 280 cm³/mol. The summed E-state index contributed by atoms with van der Waals surface area (Å²) in [5.41, 5.74) is 10.5. The van der Waals surface area contributed by atoms with Crippen LogP contribution in [0.2, 0.25) is 13.1 Å². The lowest BCUT2D eigenvalue weighted by Gasteiger charge is -2.40. The highest BCUT2D eigenvalue weighted by Crippen LogP contribution is 2.35. The molecular formula is C58H42N6OSi2. The van der Waals surface area contributed by atoms with Crippen molar-refractivity contribution in [1.82, 2.24) is 27.9 Å². The monoisotopic (exact) mass is 894 g/mol. The number of imidazole rings is 4. The van der Waals surface area contributed by atoms with E-state index in [1.165, 1.54) is 31.1 Å². The van der Waals surface area contributed by atoms with Gasteiger partial charge in [0, 0.05) is 5.69 Å². The molecule has 1 aliphatic rings. The van der Waals surface area contributed by atoms with Crippen molar-refractivity contribution in [2.75, 3.05) is 0 Å². The Labute approximate surface area is 388 Å². The summed E-state index contributed by atoms with van der Waals surface area (Å²) in [6, 6.07) is 79.5. The van der Waals surface area contributed by atoms with Crippen LogP contribution in [0.15, 0.2) is 218 Å². The molecule has 7 nitrogen and oxygen atoms in total. The van der Waals surface area contributed by atoms with E-state index in [2.05, 4.69) is 249 Å². The number of para-hydroxylation sites is 8. The first-order valence-corrected chi connectivity index (χ1v) is 27.9. The summed E-state index contributed by atoms with van der Waals surface area (Å²) in [5.74, 6) is 3.73. The van der Waals surface area contributed by atoms with Crippen LogP contribution in [0.5, 0.6) is 11.5 Å². The minimum absolute atomic E-state index is 0.857. The molecule has 0 fully saturated rings. The van der Waals surface area contributed by atoms with Crippen LogP contribution in [0.25, 0.3) is 67.1 Å². The Morgan fingerprint density at radius 2 is 0.910 bits per heavy atom. The van der Waals surface area contributed by atoms with Gasteiger partial charge >= 0.3 is 0 Å². The first-order valence-electron chi connectivity index (χ1n) is 22.9. The van der Waals surface area contributed by atoms with E-state index in [0.717, 1.165) is 78.6 Å². The molecule has 0 amide bonds. The molecule has 0 unspecified atom stereocenters. The minimum Gasteiger partial charge on any atom is -0.458 e. The van der Waals surface area contributed by atoms with Gasteiger partial charge in [-0.1, -0.05) is 159 Å². The molecule has 0 N–H and O–H groups in total. The van der Waals surface area contributed by atoms with Crippen molar-refractivity contribution in [2.45, 2.75) is 13.1 Å². The van der Waals surface area contributed by atoms with Crippen molar-refractivity contribution >= 4 is 103 Å². The number of hydrogen-bond acceptors (Lipinski definition) is 3. The quantitative estimate of drug-likeness (QED) is 0.124. The fraction of sp³-hybridized carbons (Fsp3) is 0.0345. The number of aromatic nitrogens is 6. The van der Waals surface area contributed by atoms with Crippen molar-refractivity contribution in [2.24, 2.45) is 0 Å². The molecule has 9 heteroatoms. The molecule has 0 saturated carbocycles. The van der Waals surface area contributed by atoms with Crippen molar-refractivity contribution in [3.05, 3.63) is 218 Å². The SMILES string of the molecule is C[Si]1(C)c2ccccc2Oc2c1cccc2[Si](c1ccccc1)(c1ccccc1)c1cccc(-n2c3ccccc3n3c4cc(-n5c6ccccc6n6c7ccccc7nc56)ccc4nc23)c1. The summed E-state index contributed by atoms with van der Waals surface area (Å²) >= 11 is 0. The van der Waals surface area contributed by atoms with Crippen LogP contribution >= 0.6 is 0 Å². The predicted octanol–water partition coefficient (Wildman–Crippen LogP) is 9.48. The van der Waals surface area contributed by atoms with Crippen molar-refractivity contribution in [3.63, 3.8) is 0 Å². The lowest BCUT2D eigenvalue weighted by atomic mass is 10.2. The average Bonchev–Trinajstić information content (AvgIpc) is 4.12. The molecule has 0 radical (unpaired) electrons. The highest BCUT2D eigenvalue weighted by atomic mass is 28.3. The molecule has 4 aromatic heterocycles. The summed E-state index contributed by atoms with van der Waals surface area (Å²) in [6.45, 7) is 4.93. The number of fused-ring (bicyclic) bond motifs is 12. The molecule has 13 aromatic rings. The summed E-state index contributed by atoms with van der Waals surface area (Å²) in [4.78, 5) is 10.6. The van der Waals surface area contributed by atoms with Gasteiger partial charge in [-0.25, -0.2) is 9.97 Å². The summed E-state index contributed by atoms with van der Waals surface area (Å²) in [6.07, 6.45) is 0. The molecule has 318 valence electrons. The minimum atomic E-state index is -3.12. The van der Waals surface area contributed by atoms with Crippen LogP contribution in [0, 0.1) is 0 Å². The zero-order chi connectivity index (χ0) is 44.4. The van der Waals surface area contributed by atoms with E-state index in [1.807, 2.05) is 0 Å². The van der Waals surface area contributed by atoms with Crippen LogP contribution in [0.1, 0.15) is 0 Å². The van der Waals surface area contributed by atoms with Crippen LogP contribution in [0.3, 0.4) is 0 Å².